The van der Waals surface area contributed by atoms with E-state index in [2.05, 4.69) is 15.1 Å². The highest BCUT2D eigenvalue weighted by atomic mass is 19.4. The van der Waals surface area contributed by atoms with Crippen LogP contribution in [0.2, 0.25) is 0 Å². The molecule has 4 rings (SSSR count). The van der Waals surface area contributed by atoms with Crippen molar-refractivity contribution in [2.24, 2.45) is 11.8 Å². The summed E-state index contributed by atoms with van der Waals surface area (Å²) in [5, 5.41) is 4.42. The Hall–Kier alpha value is -2.38. The van der Waals surface area contributed by atoms with E-state index in [1.807, 2.05) is 0 Å². The van der Waals surface area contributed by atoms with E-state index in [9.17, 15) is 18.0 Å². The van der Waals surface area contributed by atoms with Gasteiger partial charge in [0.25, 0.3) is 5.56 Å². The summed E-state index contributed by atoms with van der Waals surface area (Å²) in [4.78, 5) is 19.6. The Morgan fingerprint density at radius 3 is 2.77 bits per heavy atom. The van der Waals surface area contributed by atoms with Crippen molar-refractivity contribution < 1.29 is 13.2 Å². The van der Waals surface area contributed by atoms with Gasteiger partial charge in [-0.05, 0) is 12.0 Å². The summed E-state index contributed by atoms with van der Waals surface area (Å²) in [5.74, 6) is -0.476. The molecule has 0 bridgehead atoms. The average Bonchev–Trinajstić information content (AvgIpc) is 3.24. The molecule has 5 nitrogen and oxygen atoms in total. The van der Waals surface area contributed by atoms with Crippen LogP contribution in [-0.4, -0.2) is 25.9 Å². The molecule has 26 heavy (non-hydrogen) atoms. The molecule has 1 unspecified atom stereocenters. The van der Waals surface area contributed by atoms with E-state index < -0.39 is 12.1 Å². The number of aromatic nitrogens is 4. The fourth-order valence-corrected chi connectivity index (χ4v) is 3.80. The number of nitrogens with zero attached hydrogens (tertiary/aromatic N) is 3. The minimum atomic E-state index is -4.31. The van der Waals surface area contributed by atoms with Crippen molar-refractivity contribution in [1.82, 2.24) is 19.7 Å². The smallest absolute Gasteiger partial charge is 0.310 e. The summed E-state index contributed by atoms with van der Waals surface area (Å²) in [6.45, 7) is 0. The van der Waals surface area contributed by atoms with Crippen molar-refractivity contribution in [2.45, 2.75) is 44.7 Å². The monoisotopic (exact) mass is 364 g/mol. The van der Waals surface area contributed by atoms with Crippen LogP contribution in [0.15, 0.2) is 29.2 Å². The molecule has 2 aliphatic carbocycles. The lowest BCUT2D eigenvalue weighted by Gasteiger charge is -2.21. The highest BCUT2D eigenvalue weighted by molar-refractivity contribution is 5.77. The van der Waals surface area contributed by atoms with E-state index >= 15 is 0 Å². The van der Waals surface area contributed by atoms with Crippen LogP contribution in [0.4, 0.5) is 13.2 Å². The molecule has 2 aromatic heterocycles. The van der Waals surface area contributed by atoms with Gasteiger partial charge in [0.2, 0.25) is 0 Å². The van der Waals surface area contributed by atoms with Crippen molar-refractivity contribution in [3.05, 3.63) is 40.6 Å². The van der Waals surface area contributed by atoms with Gasteiger partial charge >= 0.3 is 6.18 Å². The second-order valence-corrected chi connectivity index (χ2v) is 7.06. The maximum absolute atomic E-state index is 13.0. The first-order valence-corrected chi connectivity index (χ1v) is 8.83. The first-order chi connectivity index (χ1) is 12.4. The molecule has 1 N–H and O–H groups in total. The zero-order valence-corrected chi connectivity index (χ0v) is 14.1. The molecule has 2 aromatic rings. The van der Waals surface area contributed by atoms with Crippen LogP contribution in [0.25, 0.3) is 16.7 Å². The van der Waals surface area contributed by atoms with Crippen LogP contribution in [0, 0.1) is 11.8 Å². The predicted molar refractivity (Wildman–Crippen MR) is 91.4 cm³/mol. The number of hydrogen-bond donors (Lipinski definition) is 1. The molecule has 0 aliphatic heterocycles. The maximum Gasteiger partial charge on any atom is 0.395 e. The van der Waals surface area contributed by atoms with Gasteiger partial charge in [-0.25, -0.2) is 9.67 Å². The third-order valence-electron chi connectivity index (χ3n) is 5.20. The number of allylic oxidation sites excluding steroid dienone is 4. The minimum Gasteiger partial charge on any atom is -0.310 e. The Bertz CT molecular complexity index is 932. The second-order valence-electron chi connectivity index (χ2n) is 7.06. The van der Waals surface area contributed by atoms with E-state index in [1.165, 1.54) is 29.8 Å². The molecule has 0 saturated heterocycles. The van der Waals surface area contributed by atoms with E-state index in [1.54, 1.807) is 6.08 Å². The lowest BCUT2D eigenvalue weighted by atomic mass is 9.98. The van der Waals surface area contributed by atoms with Crippen LogP contribution < -0.4 is 5.56 Å². The molecule has 138 valence electrons. The Balaban J connectivity index is 1.69. The van der Waals surface area contributed by atoms with Gasteiger partial charge in [0.05, 0.1) is 12.1 Å². The number of H-pyrrole nitrogens is 1. The van der Waals surface area contributed by atoms with Crippen molar-refractivity contribution in [2.75, 3.05) is 0 Å². The lowest BCUT2D eigenvalue weighted by molar-refractivity contribution is -0.160. The van der Waals surface area contributed by atoms with Crippen molar-refractivity contribution in [3.63, 3.8) is 0 Å². The number of halogens is 3. The van der Waals surface area contributed by atoms with Gasteiger partial charge in [0, 0.05) is 18.5 Å². The SMILES string of the molecule is O=c1[nH]c(CC2CCCC2)nc2c1cnn2C1=CC=CC(C(F)(F)F)C1. The van der Waals surface area contributed by atoms with Crippen molar-refractivity contribution in [1.29, 1.82) is 0 Å². The third-order valence-corrected chi connectivity index (χ3v) is 5.20. The van der Waals surface area contributed by atoms with Crippen molar-refractivity contribution >= 4 is 16.7 Å². The average molecular weight is 364 g/mol. The first kappa shape index (κ1) is 17.1. The van der Waals surface area contributed by atoms with Crippen LogP contribution in [0.1, 0.15) is 37.9 Å². The molecule has 0 radical (unpaired) electrons. The fraction of sp³-hybridized carbons (Fsp3) is 0.500. The quantitative estimate of drug-likeness (QED) is 0.900. The number of rotatable bonds is 3. The normalized spacial score (nSPS) is 21.5. The standard InChI is InChI=1S/C18H19F3N4O/c19-18(20,21)12-6-3-7-13(9-12)25-16-14(10-22-25)17(26)24-15(23-16)8-11-4-1-2-5-11/h3,6-7,10-12H,1-2,4-5,8-9H2,(H,23,24,26). The van der Waals surface area contributed by atoms with Gasteiger partial charge in [-0.3, -0.25) is 4.79 Å². The van der Waals surface area contributed by atoms with Crippen molar-refractivity contribution in [3.8, 4) is 0 Å². The zero-order valence-electron chi connectivity index (χ0n) is 14.1. The van der Waals surface area contributed by atoms with E-state index in [0.29, 0.717) is 34.9 Å². The number of aromatic amines is 1. The van der Waals surface area contributed by atoms with Crippen LogP contribution >= 0.6 is 0 Å². The van der Waals surface area contributed by atoms with Crippen LogP contribution in [0.3, 0.4) is 0 Å². The van der Waals surface area contributed by atoms with E-state index in [4.69, 9.17) is 0 Å². The van der Waals surface area contributed by atoms with Gasteiger partial charge in [0.1, 0.15) is 11.2 Å². The Kier molecular flexibility index (Phi) is 4.20. The van der Waals surface area contributed by atoms with Gasteiger partial charge in [-0.1, -0.05) is 37.8 Å². The molecule has 0 aromatic carbocycles. The summed E-state index contributed by atoms with van der Waals surface area (Å²) in [6, 6.07) is 0. The van der Waals surface area contributed by atoms with Gasteiger partial charge < -0.3 is 4.98 Å². The molecule has 1 fully saturated rings. The summed E-state index contributed by atoms with van der Waals surface area (Å²) >= 11 is 0. The Morgan fingerprint density at radius 1 is 1.27 bits per heavy atom. The van der Waals surface area contributed by atoms with Gasteiger partial charge in [0.15, 0.2) is 5.65 Å². The number of hydrogen-bond acceptors (Lipinski definition) is 3. The summed E-state index contributed by atoms with van der Waals surface area (Å²) in [5.41, 5.74) is 0.410. The largest absolute Gasteiger partial charge is 0.395 e. The third kappa shape index (κ3) is 3.20. The van der Waals surface area contributed by atoms with Crippen LogP contribution in [-0.2, 0) is 6.42 Å². The Labute approximate surface area is 147 Å². The molecular weight excluding hydrogens is 345 g/mol. The highest BCUT2D eigenvalue weighted by Crippen LogP contribution is 2.36. The first-order valence-electron chi connectivity index (χ1n) is 8.83. The molecule has 8 heteroatoms. The Morgan fingerprint density at radius 2 is 2.04 bits per heavy atom. The molecule has 2 heterocycles. The zero-order chi connectivity index (χ0) is 18.3. The molecular formula is C18H19F3N4O. The molecule has 1 atom stereocenters. The topological polar surface area (TPSA) is 63.6 Å². The summed E-state index contributed by atoms with van der Waals surface area (Å²) in [6.07, 6.45) is 6.24. The molecule has 0 amide bonds. The predicted octanol–water partition coefficient (Wildman–Crippen LogP) is 3.83. The number of fused-ring (bicyclic) bond motifs is 1. The number of alkyl halides is 3. The fourth-order valence-electron chi connectivity index (χ4n) is 3.80. The van der Waals surface area contributed by atoms with Gasteiger partial charge in [-0.2, -0.15) is 18.3 Å². The maximum atomic E-state index is 13.0. The van der Waals surface area contributed by atoms with E-state index in [0.717, 1.165) is 18.9 Å². The molecule has 1 saturated carbocycles. The second kappa shape index (κ2) is 6.41. The lowest BCUT2D eigenvalue weighted by Crippen LogP contribution is -2.24. The minimum absolute atomic E-state index is 0.219. The van der Waals surface area contributed by atoms with Gasteiger partial charge in [-0.15, -0.1) is 0 Å². The number of nitrogens with one attached hydrogen (secondary N) is 1. The molecule has 2 aliphatic rings. The summed E-state index contributed by atoms with van der Waals surface area (Å²) in [7, 11) is 0. The van der Waals surface area contributed by atoms with Crippen LogP contribution in [0.5, 0.6) is 0 Å². The summed E-state index contributed by atoms with van der Waals surface area (Å²) < 4.78 is 40.5. The molecule has 0 spiro atoms. The van der Waals surface area contributed by atoms with E-state index in [-0.39, 0.29) is 12.0 Å². The highest BCUT2D eigenvalue weighted by Gasteiger charge is 2.39.